The molecule has 0 amide bonds. The van der Waals surface area contributed by atoms with Crippen LogP contribution in [-0.2, 0) is 4.79 Å². The Balaban J connectivity index is 1.55. The van der Waals surface area contributed by atoms with Gasteiger partial charge in [0.2, 0.25) is 5.95 Å². The molecule has 6 heteroatoms. The van der Waals surface area contributed by atoms with Crippen molar-refractivity contribution in [2.45, 2.75) is 39.7 Å². The standard InChI is InChI=1S/C26H24N4O2/c1-15-11-12-21(32-15)23-22-19(13-26(2,3)14-20(22)31)27-25-28-24(29-30(23)25)18-10-6-8-16-7-4-5-9-17(16)18/h4-12,23H,13-14H2,1-3H3,(H,27,28,29). The summed E-state index contributed by atoms with van der Waals surface area (Å²) in [6, 6.07) is 17.8. The van der Waals surface area contributed by atoms with Gasteiger partial charge in [0.1, 0.15) is 17.6 Å². The SMILES string of the molecule is Cc1ccc(C2C3=C(CC(C)(C)CC3=O)Nc3nc(-c4cccc5ccccc45)nn32)o1. The van der Waals surface area contributed by atoms with Gasteiger partial charge in [-0.05, 0) is 41.7 Å². The number of rotatable bonds is 2. The van der Waals surface area contributed by atoms with E-state index in [4.69, 9.17) is 14.5 Å². The van der Waals surface area contributed by atoms with E-state index in [2.05, 4.69) is 37.4 Å². The van der Waals surface area contributed by atoms with Crippen molar-refractivity contribution in [3.63, 3.8) is 0 Å². The topological polar surface area (TPSA) is 73.0 Å². The van der Waals surface area contributed by atoms with Crippen molar-refractivity contribution in [2.24, 2.45) is 5.41 Å². The second-order valence-corrected chi connectivity index (χ2v) is 9.54. The number of aromatic nitrogens is 3. The van der Waals surface area contributed by atoms with Crippen LogP contribution in [0.15, 0.2) is 70.3 Å². The second kappa shape index (κ2) is 6.66. The van der Waals surface area contributed by atoms with Crippen LogP contribution in [0.1, 0.15) is 44.3 Å². The number of aryl methyl sites for hydroxylation is 1. The van der Waals surface area contributed by atoms with Crippen molar-refractivity contribution in [1.82, 2.24) is 14.8 Å². The van der Waals surface area contributed by atoms with Crippen molar-refractivity contribution in [3.05, 3.63) is 77.4 Å². The number of fused-ring (bicyclic) bond motifs is 2. The molecule has 3 heterocycles. The summed E-state index contributed by atoms with van der Waals surface area (Å²) < 4.78 is 7.82. The maximum Gasteiger partial charge on any atom is 0.227 e. The van der Waals surface area contributed by atoms with Crippen molar-refractivity contribution >= 4 is 22.5 Å². The fourth-order valence-corrected chi connectivity index (χ4v) is 5.01. The van der Waals surface area contributed by atoms with Gasteiger partial charge in [0, 0.05) is 23.3 Å². The highest BCUT2D eigenvalue weighted by atomic mass is 16.3. The quantitative estimate of drug-likeness (QED) is 0.450. The van der Waals surface area contributed by atoms with Crippen LogP contribution in [0, 0.1) is 12.3 Å². The van der Waals surface area contributed by atoms with Gasteiger partial charge in [-0.25, -0.2) is 4.68 Å². The molecule has 1 aliphatic heterocycles. The first-order valence-electron chi connectivity index (χ1n) is 10.9. The molecule has 1 atom stereocenters. The average Bonchev–Trinajstić information content (AvgIpc) is 3.37. The number of nitrogens with zero attached hydrogens (tertiary/aromatic N) is 3. The van der Waals surface area contributed by atoms with Crippen LogP contribution in [0.25, 0.3) is 22.2 Å². The minimum Gasteiger partial charge on any atom is -0.464 e. The molecule has 2 aliphatic rings. The van der Waals surface area contributed by atoms with E-state index in [0.29, 0.717) is 24.0 Å². The average molecular weight is 425 g/mol. The van der Waals surface area contributed by atoms with E-state index in [1.54, 1.807) is 0 Å². The van der Waals surface area contributed by atoms with E-state index in [1.807, 2.05) is 48.0 Å². The van der Waals surface area contributed by atoms with E-state index < -0.39 is 6.04 Å². The Morgan fingerprint density at radius 1 is 1.06 bits per heavy atom. The number of carbonyl (C=O) groups excluding carboxylic acids is 1. The van der Waals surface area contributed by atoms with Crippen LogP contribution in [0.3, 0.4) is 0 Å². The zero-order valence-corrected chi connectivity index (χ0v) is 18.3. The van der Waals surface area contributed by atoms with E-state index >= 15 is 0 Å². The Morgan fingerprint density at radius 3 is 2.69 bits per heavy atom. The number of anilines is 1. The molecular weight excluding hydrogens is 400 g/mol. The van der Waals surface area contributed by atoms with Gasteiger partial charge >= 0.3 is 0 Å². The fourth-order valence-electron chi connectivity index (χ4n) is 5.01. The van der Waals surface area contributed by atoms with Gasteiger partial charge in [-0.3, -0.25) is 4.79 Å². The number of furan rings is 1. The molecule has 1 N–H and O–H groups in total. The fraction of sp³-hybridized carbons (Fsp3) is 0.269. The molecule has 0 radical (unpaired) electrons. The van der Waals surface area contributed by atoms with Gasteiger partial charge in [-0.2, -0.15) is 4.98 Å². The Labute approximate surface area is 186 Å². The zero-order valence-electron chi connectivity index (χ0n) is 18.3. The van der Waals surface area contributed by atoms with Gasteiger partial charge in [-0.1, -0.05) is 56.3 Å². The Bertz CT molecular complexity index is 1420. The third-order valence-electron chi connectivity index (χ3n) is 6.39. The lowest BCUT2D eigenvalue weighted by molar-refractivity contribution is -0.118. The molecule has 32 heavy (non-hydrogen) atoms. The number of hydrogen-bond acceptors (Lipinski definition) is 5. The lowest BCUT2D eigenvalue weighted by Gasteiger charge is -2.37. The number of hydrogen-bond donors (Lipinski definition) is 1. The third-order valence-corrected chi connectivity index (χ3v) is 6.39. The lowest BCUT2D eigenvalue weighted by atomic mass is 9.73. The molecule has 0 bridgehead atoms. The molecule has 4 aromatic rings. The largest absolute Gasteiger partial charge is 0.464 e. The van der Waals surface area contributed by atoms with Crippen molar-refractivity contribution in [1.29, 1.82) is 0 Å². The molecule has 0 saturated heterocycles. The molecule has 2 aromatic heterocycles. The highest BCUT2D eigenvalue weighted by molar-refractivity contribution is 6.00. The summed E-state index contributed by atoms with van der Waals surface area (Å²) in [6.45, 7) is 6.17. The van der Waals surface area contributed by atoms with E-state index in [-0.39, 0.29) is 11.2 Å². The predicted molar refractivity (Wildman–Crippen MR) is 123 cm³/mol. The van der Waals surface area contributed by atoms with Crippen molar-refractivity contribution in [2.75, 3.05) is 5.32 Å². The predicted octanol–water partition coefficient (Wildman–Crippen LogP) is 5.66. The molecular formula is C26H24N4O2. The molecule has 0 saturated carbocycles. The van der Waals surface area contributed by atoms with E-state index in [0.717, 1.165) is 39.8 Å². The smallest absolute Gasteiger partial charge is 0.227 e. The number of allylic oxidation sites excluding steroid dienone is 2. The number of nitrogens with one attached hydrogen (secondary N) is 1. The van der Waals surface area contributed by atoms with Gasteiger partial charge in [0.05, 0.1) is 0 Å². The molecule has 1 aliphatic carbocycles. The maximum atomic E-state index is 13.3. The first-order chi connectivity index (χ1) is 15.4. The van der Waals surface area contributed by atoms with Crippen LogP contribution in [-0.4, -0.2) is 20.5 Å². The molecule has 0 fully saturated rings. The zero-order chi connectivity index (χ0) is 22.0. The molecule has 0 spiro atoms. The van der Waals surface area contributed by atoms with E-state index in [1.165, 1.54) is 0 Å². The Hall–Kier alpha value is -3.67. The molecule has 160 valence electrons. The van der Waals surface area contributed by atoms with Gasteiger partial charge in [0.25, 0.3) is 0 Å². The van der Waals surface area contributed by atoms with Crippen LogP contribution in [0.5, 0.6) is 0 Å². The molecule has 2 aromatic carbocycles. The Kier molecular flexibility index (Phi) is 3.97. The highest BCUT2D eigenvalue weighted by Gasteiger charge is 2.43. The van der Waals surface area contributed by atoms with Crippen LogP contribution in [0.4, 0.5) is 5.95 Å². The number of benzene rings is 2. The highest BCUT2D eigenvalue weighted by Crippen LogP contribution is 2.46. The van der Waals surface area contributed by atoms with E-state index in [9.17, 15) is 4.79 Å². The minimum absolute atomic E-state index is 0.104. The number of carbonyl (C=O) groups is 1. The monoisotopic (exact) mass is 424 g/mol. The molecule has 6 rings (SSSR count). The van der Waals surface area contributed by atoms with Gasteiger partial charge < -0.3 is 9.73 Å². The summed E-state index contributed by atoms with van der Waals surface area (Å²) in [7, 11) is 0. The van der Waals surface area contributed by atoms with Crippen LogP contribution < -0.4 is 5.32 Å². The normalized spacial score (nSPS) is 19.6. The molecule has 6 nitrogen and oxygen atoms in total. The summed E-state index contributed by atoms with van der Waals surface area (Å²) in [5, 5.41) is 10.6. The summed E-state index contributed by atoms with van der Waals surface area (Å²) in [5.74, 6) is 2.91. The Morgan fingerprint density at radius 2 is 1.88 bits per heavy atom. The maximum absolute atomic E-state index is 13.3. The number of Topliss-reactive ketones (excluding diaryl/α,β-unsaturated/α-hetero) is 1. The lowest BCUT2D eigenvalue weighted by Crippen LogP contribution is -2.36. The van der Waals surface area contributed by atoms with Crippen molar-refractivity contribution in [3.8, 4) is 11.4 Å². The summed E-state index contributed by atoms with van der Waals surface area (Å²) >= 11 is 0. The van der Waals surface area contributed by atoms with Gasteiger partial charge in [-0.15, -0.1) is 5.10 Å². The van der Waals surface area contributed by atoms with Crippen LogP contribution >= 0.6 is 0 Å². The minimum atomic E-state index is -0.422. The first kappa shape index (κ1) is 19.0. The first-order valence-corrected chi connectivity index (χ1v) is 10.9. The van der Waals surface area contributed by atoms with Crippen LogP contribution in [0.2, 0.25) is 0 Å². The van der Waals surface area contributed by atoms with Crippen molar-refractivity contribution < 1.29 is 9.21 Å². The summed E-state index contributed by atoms with van der Waals surface area (Å²) in [4.78, 5) is 18.2. The summed E-state index contributed by atoms with van der Waals surface area (Å²) in [5.41, 5.74) is 2.52. The number of ketones is 1. The third kappa shape index (κ3) is 2.90. The van der Waals surface area contributed by atoms with Gasteiger partial charge in [0.15, 0.2) is 11.6 Å². The molecule has 1 unspecified atom stereocenters. The second-order valence-electron chi connectivity index (χ2n) is 9.54. The summed E-state index contributed by atoms with van der Waals surface area (Å²) in [6.07, 6.45) is 1.28.